The van der Waals surface area contributed by atoms with Crippen LogP contribution in [-0.4, -0.2) is 22.8 Å². The monoisotopic (exact) mass is 407 g/mol. The molecule has 0 fully saturated rings. The highest BCUT2D eigenvalue weighted by molar-refractivity contribution is 7.13. The van der Waals surface area contributed by atoms with Crippen molar-refractivity contribution in [2.24, 2.45) is 0 Å². The van der Waals surface area contributed by atoms with Crippen LogP contribution in [0.5, 0.6) is 11.5 Å². The molecule has 1 atom stereocenters. The zero-order valence-electron chi connectivity index (χ0n) is 15.8. The lowest BCUT2D eigenvalue weighted by atomic mass is 10.1. The zero-order valence-corrected chi connectivity index (χ0v) is 16.6. The van der Waals surface area contributed by atoms with Gasteiger partial charge >= 0.3 is 0 Å². The number of pyridine rings is 1. The van der Waals surface area contributed by atoms with E-state index in [-0.39, 0.29) is 18.7 Å². The average molecular weight is 407 g/mol. The normalized spacial score (nSPS) is 13.6. The number of amides is 1. The van der Waals surface area contributed by atoms with E-state index in [0.29, 0.717) is 39.6 Å². The molecule has 0 aliphatic carbocycles. The number of thiophene rings is 1. The van der Waals surface area contributed by atoms with E-state index in [4.69, 9.17) is 14.0 Å². The highest BCUT2D eigenvalue weighted by Crippen LogP contribution is 2.34. The maximum atomic E-state index is 13.2. The first-order valence-electron chi connectivity index (χ1n) is 9.11. The van der Waals surface area contributed by atoms with Crippen LogP contribution in [0.4, 0.5) is 0 Å². The summed E-state index contributed by atoms with van der Waals surface area (Å²) >= 11 is 1.55. The lowest BCUT2D eigenvalue weighted by Gasteiger charge is -2.15. The third-order valence-corrected chi connectivity index (χ3v) is 5.77. The fourth-order valence-corrected chi connectivity index (χ4v) is 4.05. The van der Waals surface area contributed by atoms with Crippen LogP contribution in [0.25, 0.3) is 21.7 Å². The molecule has 4 aromatic rings. The molecule has 1 amide bonds. The van der Waals surface area contributed by atoms with Crippen LogP contribution in [0.15, 0.2) is 46.3 Å². The molecular formula is C21H17N3O4S. The quantitative estimate of drug-likeness (QED) is 0.537. The second-order valence-electron chi connectivity index (χ2n) is 6.79. The number of rotatable bonds is 4. The lowest BCUT2D eigenvalue weighted by molar-refractivity contribution is 0.0941. The molecule has 1 N–H and O–H groups in total. The Bertz CT molecular complexity index is 1220. The van der Waals surface area contributed by atoms with Crippen molar-refractivity contribution in [3.8, 4) is 22.1 Å². The summed E-state index contributed by atoms with van der Waals surface area (Å²) in [5, 5.41) is 9.64. The van der Waals surface area contributed by atoms with E-state index in [2.05, 4.69) is 15.5 Å². The van der Waals surface area contributed by atoms with Gasteiger partial charge in [0.25, 0.3) is 11.6 Å². The van der Waals surface area contributed by atoms with E-state index >= 15 is 0 Å². The molecule has 4 heterocycles. The number of hydrogen-bond donors (Lipinski definition) is 1. The Morgan fingerprint density at radius 1 is 1.21 bits per heavy atom. The van der Waals surface area contributed by atoms with Crippen molar-refractivity contribution in [3.05, 3.63) is 58.6 Å². The van der Waals surface area contributed by atoms with Crippen molar-refractivity contribution in [2.45, 2.75) is 19.9 Å². The summed E-state index contributed by atoms with van der Waals surface area (Å²) in [5.74, 6) is 1.18. The minimum absolute atomic E-state index is 0.215. The van der Waals surface area contributed by atoms with Crippen molar-refractivity contribution < 1.29 is 18.8 Å². The molecule has 7 nitrogen and oxygen atoms in total. The number of carbonyl (C=O) groups excluding carboxylic acids is 1. The van der Waals surface area contributed by atoms with Gasteiger partial charge in [-0.3, -0.25) is 4.79 Å². The lowest BCUT2D eigenvalue weighted by Crippen LogP contribution is -2.27. The molecule has 8 heteroatoms. The Morgan fingerprint density at radius 3 is 2.90 bits per heavy atom. The Balaban J connectivity index is 1.49. The molecule has 1 aliphatic rings. The molecule has 1 aromatic carbocycles. The highest BCUT2D eigenvalue weighted by Gasteiger charge is 2.22. The number of aryl methyl sites for hydroxylation is 1. The molecule has 5 rings (SSSR count). The second-order valence-corrected chi connectivity index (χ2v) is 7.74. The van der Waals surface area contributed by atoms with Crippen LogP contribution < -0.4 is 14.8 Å². The maximum absolute atomic E-state index is 13.2. The van der Waals surface area contributed by atoms with Gasteiger partial charge in [0.2, 0.25) is 6.79 Å². The van der Waals surface area contributed by atoms with Crippen molar-refractivity contribution in [1.29, 1.82) is 0 Å². The van der Waals surface area contributed by atoms with Gasteiger partial charge in [0, 0.05) is 0 Å². The molecule has 0 spiro atoms. The van der Waals surface area contributed by atoms with Gasteiger partial charge in [0.05, 0.1) is 33.3 Å². The van der Waals surface area contributed by atoms with E-state index in [0.717, 1.165) is 10.4 Å². The van der Waals surface area contributed by atoms with Crippen LogP contribution in [-0.2, 0) is 0 Å². The van der Waals surface area contributed by atoms with Crippen molar-refractivity contribution in [1.82, 2.24) is 15.5 Å². The van der Waals surface area contributed by atoms with Gasteiger partial charge in [-0.05, 0) is 49.1 Å². The number of nitrogens with one attached hydrogen (secondary N) is 1. The van der Waals surface area contributed by atoms with Crippen molar-refractivity contribution in [2.75, 3.05) is 6.79 Å². The molecule has 146 valence electrons. The third kappa shape index (κ3) is 3.11. The van der Waals surface area contributed by atoms with Crippen molar-refractivity contribution in [3.63, 3.8) is 0 Å². The first kappa shape index (κ1) is 17.7. The predicted octanol–water partition coefficient (Wildman–Crippen LogP) is 4.48. The Hall–Kier alpha value is -3.39. The summed E-state index contributed by atoms with van der Waals surface area (Å²) in [5.41, 5.74) is 3.09. The molecule has 0 bridgehead atoms. The minimum atomic E-state index is -0.231. The standard InChI is InChI=1S/C21H17N3O4S/c1-11(13-5-6-16-17(8-13)27-10-26-16)22-20(25)14-9-15(18-4-3-7-29-18)23-21-19(14)12(2)24-28-21/h3-9,11H,10H2,1-2H3,(H,22,25). The van der Waals surface area contributed by atoms with Gasteiger partial charge in [-0.15, -0.1) is 11.3 Å². The predicted molar refractivity (Wildman–Crippen MR) is 108 cm³/mol. The van der Waals surface area contributed by atoms with E-state index in [1.165, 1.54) is 0 Å². The summed E-state index contributed by atoms with van der Waals surface area (Å²) < 4.78 is 16.1. The second kappa shape index (κ2) is 6.89. The van der Waals surface area contributed by atoms with Crippen LogP contribution in [0.2, 0.25) is 0 Å². The van der Waals surface area contributed by atoms with Crippen LogP contribution in [0, 0.1) is 6.92 Å². The molecule has 1 unspecified atom stereocenters. The van der Waals surface area contributed by atoms with Crippen molar-refractivity contribution >= 4 is 28.3 Å². The molecule has 3 aromatic heterocycles. The average Bonchev–Trinajstić information content (AvgIpc) is 3.48. The van der Waals surface area contributed by atoms with Crippen LogP contribution >= 0.6 is 11.3 Å². The summed E-state index contributed by atoms with van der Waals surface area (Å²) in [6.45, 7) is 3.94. The first-order chi connectivity index (χ1) is 14.1. The number of carbonyl (C=O) groups is 1. The number of hydrogen-bond acceptors (Lipinski definition) is 7. The Morgan fingerprint density at radius 2 is 2.07 bits per heavy atom. The topological polar surface area (TPSA) is 86.5 Å². The van der Waals surface area contributed by atoms with E-state index in [1.54, 1.807) is 24.3 Å². The summed E-state index contributed by atoms with van der Waals surface area (Å²) in [4.78, 5) is 18.7. The summed E-state index contributed by atoms with van der Waals surface area (Å²) in [6, 6.07) is 11.1. The van der Waals surface area contributed by atoms with E-state index in [9.17, 15) is 4.79 Å². The Labute approximate surface area is 170 Å². The third-order valence-electron chi connectivity index (χ3n) is 4.88. The Kier molecular flexibility index (Phi) is 4.21. The molecule has 1 aliphatic heterocycles. The number of aromatic nitrogens is 2. The van der Waals surface area contributed by atoms with Gasteiger partial charge in [-0.2, -0.15) is 0 Å². The highest BCUT2D eigenvalue weighted by atomic mass is 32.1. The largest absolute Gasteiger partial charge is 0.454 e. The molecule has 0 saturated carbocycles. The van der Waals surface area contributed by atoms with Crippen LogP contribution in [0.1, 0.15) is 34.6 Å². The first-order valence-corrected chi connectivity index (χ1v) is 9.99. The maximum Gasteiger partial charge on any atom is 0.259 e. The zero-order chi connectivity index (χ0) is 20.0. The number of nitrogens with zero attached hydrogens (tertiary/aromatic N) is 2. The van der Waals surface area contributed by atoms with Crippen LogP contribution in [0.3, 0.4) is 0 Å². The minimum Gasteiger partial charge on any atom is -0.454 e. The molecule has 29 heavy (non-hydrogen) atoms. The molecular weight excluding hydrogens is 390 g/mol. The summed E-state index contributed by atoms with van der Waals surface area (Å²) in [6.07, 6.45) is 0. The van der Waals surface area contributed by atoms with E-state index < -0.39 is 0 Å². The van der Waals surface area contributed by atoms with E-state index in [1.807, 2.05) is 42.6 Å². The van der Waals surface area contributed by atoms with Gasteiger partial charge in [0.1, 0.15) is 0 Å². The molecule has 0 saturated heterocycles. The number of ether oxygens (including phenoxy) is 2. The fraction of sp³-hybridized carbons (Fsp3) is 0.190. The summed E-state index contributed by atoms with van der Waals surface area (Å²) in [7, 11) is 0. The number of benzene rings is 1. The SMILES string of the molecule is Cc1noc2nc(-c3cccs3)cc(C(=O)NC(C)c3ccc4c(c3)OCO4)c12. The van der Waals surface area contributed by atoms with Gasteiger partial charge in [-0.1, -0.05) is 17.3 Å². The number of fused-ring (bicyclic) bond motifs is 2. The van der Waals surface area contributed by atoms with Gasteiger partial charge in [0.15, 0.2) is 11.5 Å². The van der Waals surface area contributed by atoms with Gasteiger partial charge in [-0.25, -0.2) is 4.98 Å². The molecule has 0 radical (unpaired) electrons. The fourth-order valence-electron chi connectivity index (χ4n) is 3.36. The smallest absolute Gasteiger partial charge is 0.259 e. The van der Waals surface area contributed by atoms with Gasteiger partial charge < -0.3 is 19.3 Å².